The molecule has 1 aromatic carbocycles. The van der Waals surface area contributed by atoms with Gasteiger partial charge < -0.3 is 5.32 Å². The Morgan fingerprint density at radius 1 is 1.12 bits per heavy atom. The summed E-state index contributed by atoms with van der Waals surface area (Å²) in [6.45, 7) is 9.64. The molecule has 1 atom stereocenters. The summed E-state index contributed by atoms with van der Waals surface area (Å²) in [7, 11) is -3.74. The molecule has 0 radical (unpaired) electrons. The summed E-state index contributed by atoms with van der Waals surface area (Å²) in [5, 5.41) is 2.95. The van der Waals surface area contributed by atoms with E-state index in [2.05, 4.69) is 5.32 Å². The number of hydrogen-bond acceptors (Lipinski definition) is 3. The molecule has 2 rings (SSSR count). The van der Waals surface area contributed by atoms with Crippen molar-refractivity contribution >= 4 is 15.7 Å². The van der Waals surface area contributed by atoms with E-state index in [1.54, 1.807) is 13.0 Å². The highest BCUT2D eigenvalue weighted by Crippen LogP contribution is 2.42. The van der Waals surface area contributed by atoms with Gasteiger partial charge in [-0.15, -0.1) is 0 Å². The maximum absolute atomic E-state index is 13.5. The van der Waals surface area contributed by atoms with Crippen molar-refractivity contribution in [2.75, 3.05) is 0 Å². The lowest BCUT2D eigenvalue weighted by atomic mass is 10.0. The molecule has 1 fully saturated rings. The number of amides is 1. The molecule has 0 heterocycles. The lowest BCUT2D eigenvalue weighted by Crippen LogP contribution is -2.53. The van der Waals surface area contributed by atoms with Crippen LogP contribution in [0.5, 0.6) is 0 Å². The summed E-state index contributed by atoms with van der Waals surface area (Å²) in [5.41, 5.74) is 1.60. The minimum Gasteiger partial charge on any atom is -0.352 e. The fourth-order valence-corrected chi connectivity index (χ4v) is 5.66. The number of rotatable bonds is 5. The van der Waals surface area contributed by atoms with Gasteiger partial charge in [-0.05, 0) is 56.7 Å². The van der Waals surface area contributed by atoms with Crippen molar-refractivity contribution in [3.05, 3.63) is 29.3 Å². The van der Waals surface area contributed by atoms with Crippen LogP contribution in [0.1, 0.15) is 57.6 Å². The molecule has 1 saturated carbocycles. The standard InChI is InChI=1S/C19H29NO3S/c1-13(2)16(5)20-18(21)19(10-6-7-11-19)24(22,23)17-12-14(3)8-9-15(17)4/h8-9,12-13,16H,6-7,10-11H2,1-5H3,(H,20,21). The summed E-state index contributed by atoms with van der Waals surface area (Å²) in [5.74, 6) is -0.0714. The first-order valence-corrected chi connectivity index (χ1v) is 10.2. The fraction of sp³-hybridized carbons (Fsp3) is 0.632. The highest BCUT2D eigenvalue weighted by molar-refractivity contribution is 7.93. The van der Waals surface area contributed by atoms with E-state index >= 15 is 0 Å². The van der Waals surface area contributed by atoms with Gasteiger partial charge in [0.25, 0.3) is 0 Å². The molecule has 0 aromatic heterocycles. The highest BCUT2D eigenvalue weighted by Gasteiger charge is 2.53. The topological polar surface area (TPSA) is 63.2 Å². The second-order valence-electron chi connectivity index (χ2n) is 7.48. The third-order valence-corrected chi connectivity index (χ3v) is 7.97. The number of carbonyl (C=O) groups is 1. The Labute approximate surface area is 146 Å². The van der Waals surface area contributed by atoms with E-state index in [9.17, 15) is 13.2 Å². The summed E-state index contributed by atoms with van der Waals surface area (Å²) in [4.78, 5) is 13.3. The summed E-state index contributed by atoms with van der Waals surface area (Å²) >= 11 is 0. The molecular formula is C19H29NO3S. The smallest absolute Gasteiger partial charge is 0.242 e. The molecule has 1 aromatic rings. The van der Waals surface area contributed by atoms with Crippen molar-refractivity contribution in [1.29, 1.82) is 0 Å². The number of sulfone groups is 1. The summed E-state index contributed by atoms with van der Waals surface area (Å²) in [6, 6.07) is 5.36. The number of aryl methyl sites for hydroxylation is 2. The van der Waals surface area contributed by atoms with Crippen molar-refractivity contribution in [2.45, 2.75) is 76.0 Å². The zero-order valence-corrected chi connectivity index (χ0v) is 16.2. The molecule has 1 amide bonds. The van der Waals surface area contributed by atoms with Gasteiger partial charge in [0, 0.05) is 6.04 Å². The lowest BCUT2D eigenvalue weighted by molar-refractivity contribution is -0.124. The van der Waals surface area contributed by atoms with E-state index in [1.807, 2.05) is 39.8 Å². The normalized spacial score (nSPS) is 18.6. The van der Waals surface area contributed by atoms with Gasteiger partial charge in [0.2, 0.25) is 5.91 Å². The predicted octanol–water partition coefficient (Wildman–Crippen LogP) is 3.55. The van der Waals surface area contributed by atoms with Gasteiger partial charge in [0.1, 0.15) is 0 Å². The second kappa shape index (κ2) is 6.87. The zero-order chi connectivity index (χ0) is 18.1. The quantitative estimate of drug-likeness (QED) is 0.882. The fourth-order valence-electron chi connectivity index (χ4n) is 3.28. The van der Waals surface area contributed by atoms with E-state index in [1.165, 1.54) is 0 Å². The minimum atomic E-state index is -3.74. The van der Waals surface area contributed by atoms with E-state index in [0.717, 1.165) is 18.4 Å². The minimum absolute atomic E-state index is 0.0521. The summed E-state index contributed by atoms with van der Waals surface area (Å²) in [6.07, 6.45) is 2.35. The zero-order valence-electron chi connectivity index (χ0n) is 15.3. The average Bonchev–Trinajstić information content (AvgIpc) is 3.00. The van der Waals surface area contributed by atoms with Gasteiger partial charge in [0.05, 0.1) is 4.90 Å². The molecule has 4 nitrogen and oxygen atoms in total. The van der Waals surface area contributed by atoms with Crippen LogP contribution in [0, 0.1) is 19.8 Å². The van der Waals surface area contributed by atoms with Crippen molar-refractivity contribution in [3.8, 4) is 0 Å². The Bertz CT molecular complexity index is 716. The first-order valence-electron chi connectivity index (χ1n) is 8.74. The Balaban J connectivity index is 2.49. The van der Waals surface area contributed by atoms with Crippen molar-refractivity contribution in [3.63, 3.8) is 0 Å². The van der Waals surface area contributed by atoms with Crippen LogP contribution in [0.25, 0.3) is 0 Å². The van der Waals surface area contributed by atoms with E-state index < -0.39 is 14.6 Å². The molecular weight excluding hydrogens is 322 g/mol. The molecule has 0 spiro atoms. The molecule has 24 heavy (non-hydrogen) atoms. The Kier molecular flexibility index (Phi) is 5.43. The Morgan fingerprint density at radius 2 is 1.71 bits per heavy atom. The Hall–Kier alpha value is -1.36. The first-order chi connectivity index (χ1) is 11.1. The van der Waals surface area contributed by atoms with Crippen LogP contribution in [-0.4, -0.2) is 25.1 Å². The van der Waals surface area contributed by atoms with Crippen molar-refractivity contribution in [2.24, 2.45) is 5.92 Å². The number of carbonyl (C=O) groups excluding carboxylic acids is 1. The van der Waals surface area contributed by atoms with E-state index in [-0.39, 0.29) is 17.9 Å². The Morgan fingerprint density at radius 3 is 2.25 bits per heavy atom. The SMILES string of the molecule is Cc1ccc(C)c(S(=O)(=O)C2(C(=O)NC(C)C(C)C)CCCC2)c1. The molecule has 134 valence electrons. The molecule has 1 aliphatic carbocycles. The molecule has 1 aliphatic rings. The first kappa shape index (κ1) is 19.0. The van der Waals surface area contributed by atoms with Crippen molar-refractivity contribution < 1.29 is 13.2 Å². The van der Waals surface area contributed by atoms with Gasteiger partial charge >= 0.3 is 0 Å². The van der Waals surface area contributed by atoms with Crippen LogP contribution >= 0.6 is 0 Å². The van der Waals surface area contributed by atoms with E-state index in [0.29, 0.717) is 23.3 Å². The number of benzene rings is 1. The molecule has 0 aliphatic heterocycles. The molecule has 1 N–H and O–H groups in total. The third-order valence-electron chi connectivity index (χ3n) is 5.33. The van der Waals surface area contributed by atoms with Gasteiger partial charge in [0.15, 0.2) is 14.6 Å². The van der Waals surface area contributed by atoms with Crippen LogP contribution in [0.4, 0.5) is 0 Å². The average molecular weight is 352 g/mol. The maximum Gasteiger partial charge on any atom is 0.242 e. The van der Waals surface area contributed by atoms with Crippen molar-refractivity contribution in [1.82, 2.24) is 5.32 Å². The van der Waals surface area contributed by atoms with Crippen LogP contribution in [0.15, 0.2) is 23.1 Å². The monoisotopic (exact) mass is 351 g/mol. The maximum atomic E-state index is 13.5. The number of nitrogens with one attached hydrogen (secondary N) is 1. The largest absolute Gasteiger partial charge is 0.352 e. The summed E-state index contributed by atoms with van der Waals surface area (Å²) < 4.78 is 25.6. The van der Waals surface area contributed by atoms with Crippen LogP contribution in [0.3, 0.4) is 0 Å². The molecule has 1 unspecified atom stereocenters. The molecule has 0 bridgehead atoms. The number of hydrogen-bond donors (Lipinski definition) is 1. The van der Waals surface area contributed by atoms with Crippen LogP contribution < -0.4 is 5.32 Å². The van der Waals surface area contributed by atoms with Crippen LogP contribution in [0.2, 0.25) is 0 Å². The van der Waals surface area contributed by atoms with Gasteiger partial charge in [-0.25, -0.2) is 8.42 Å². The third kappa shape index (κ3) is 3.23. The second-order valence-corrected chi connectivity index (χ2v) is 9.71. The molecule has 0 saturated heterocycles. The molecule has 5 heteroatoms. The lowest BCUT2D eigenvalue weighted by Gasteiger charge is -2.31. The predicted molar refractivity (Wildman–Crippen MR) is 96.7 cm³/mol. The van der Waals surface area contributed by atoms with Gasteiger partial charge in [-0.1, -0.05) is 38.8 Å². The van der Waals surface area contributed by atoms with Gasteiger partial charge in [-0.2, -0.15) is 0 Å². The van der Waals surface area contributed by atoms with E-state index in [4.69, 9.17) is 0 Å². The van der Waals surface area contributed by atoms with Crippen LogP contribution in [-0.2, 0) is 14.6 Å². The highest BCUT2D eigenvalue weighted by atomic mass is 32.2. The van der Waals surface area contributed by atoms with Gasteiger partial charge in [-0.3, -0.25) is 4.79 Å².